The first-order valence-corrected chi connectivity index (χ1v) is 11.5. The van der Waals surface area contributed by atoms with Crippen LogP contribution in [0.4, 0.5) is 10.5 Å². The molecule has 0 saturated carbocycles. The molecule has 0 radical (unpaired) electrons. The minimum absolute atomic E-state index is 0.169. The van der Waals surface area contributed by atoms with Crippen LogP contribution in [0.3, 0.4) is 0 Å². The zero-order valence-electron chi connectivity index (χ0n) is 19.0. The highest BCUT2D eigenvalue weighted by molar-refractivity contribution is 6.21. The number of imide groups is 1. The Labute approximate surface area is 194 Å². The van der Waals surface area contributed by atoms with Crippen LogP contribution in [0, 0.1) is 5.92 Å². The molecule has 1 aliphatic carbocycles. The Balaban J connectivity index is 1.15. The van der Waals surface area contributed by atoms with E-state index in [4.69, 9.17) is 4.74 Å². The van der Waals surface area contributed by atoms with Gasteiger partial charge in [-0.25, -0.2) is 4.79 Å². The average molecular weight is 451 g/mol. The minimum atomic E-state index is -0.489. The van der Waals surface area contributed by atoms with Crippen molar-refractivity contribution >= 4 is 29.2 Å². The molecule has 3 aliphatic rings. The number of nitrogens with zero attached hydrogens (tertiary/aromatic N) is 4. The first-order chi connectivity index (χ1) is 16.1. The second kappa shape index (κ2) is 10.5. The fourth-order valence-corrected chi connectivity index (χ4v) is 4.37. The number of hydrogen-bond acceptors (Lipinski definition) is 5. The van der Waals surface area contributed by atoms with Crippen molar-refractivity contribution in [3.05, 3.63) is 48.6 Å². The van der Waals surface area contributed by atoms with Crippen molar-refractivity contribution in [2.24, 2.45) is 10.9 Å². The number of anilines is 1. The van der Waals surface area contributed by atoms with Crippen molar-refractivity contribution in [3.8, 4) is 5.75 Å². The van der Waals surface area contributed by atoms with E-state index in [-0.39, 0.29) is 11.8 Å². The Morgan fingerprint density at radius 2 is 1.79 bits per heavy atom. The van der Waals surface area contributed by atoms with Crippen LogP contribution in [0.1, 0.15) is 25.7 Å². The zero-order chi connectivity index (χ0) is 23.2. The largest absolute Gasteiger partial charge is 0.497 e. The van der Waals surface area contributed by atoms with Crippen molar-refractivity contribution in [3.63, 3.8) is 0 Å². The molecule has 0 N–H and O–H groups in total. The number of benzene rings is 1. The first-order valence-electron chi connectivity index (χ1n) is 11.5. The minimum Gasteiger partial charge on any atom is -0.497 e. The third kappa shape index (κ3) is 5.32. The van der Waals surface area contributed by atoms with E-state index >= 15 is 0 Å². The summed E-state index contributed by atoms with van der Waals surface area (Å²) in [5.74, 6) is 0.340. The van der Waals surface area contributed by atoms with Gasteiger partial charge in [-0.1, -0.05) is 24.6 Å². The van der Waals surface area contributed by atoms with Crippen molar-refractivity contribution in [1.82, 2.24) is 9.80 Å². The van der Waals surface area contributed by atoms with Gasteiger partial charge >= 0.3 is 6.03 Å². The summed E-state index contributed by atoms with van der Waals surface area (Å²) in [5, 5.41) is 0. The summed E-state index contributed by atoms with van der Waals surface area (Å²) in [6, 6.07) is 7.50. The molecule has 8 heteroatoms. The van der Waals surface area contributed by atoms with E-state index in [1.165, 1.54) is 4.90 Å². The molecule has 1 aromatic rings. The van der Waals surface area contributed by atoms with Gasteiger partial charge in [-0.15, -0.1) is 0 Å². The van der Waals surface area contributed by atoms with E-state index in [1.54, 1.807) is 31.4 Å². The maximum atomic E-state index is 12.6. The van der Waals surface area contributed by atoms with Gasteiger partial charge in [-0.2, -0.15) is 4.99 Å². The van der Waals surface area contributed by atoms with Crippen LogP contribution >= 0.6 is 0 Å². The number of carbonyl (C=O) groups excluding carboxylic acids is 3. The second-order valence-electron chi connectivity index (χ2n) is 8.41. The monoisotopic (exact) mass is 450 g/mol. The molecule has 4 amide bonds. The Hall–Kier alpha value is -3.42. The standard InChI is InChI=1S/C25H30N4O4/c1-33-20-12-10-19(11-13-20)27-15-17-28(18-16-27)23(30)9-3-2-6-14-29-24(31)21-7-4-5-8-22(21)26-25(29)32/h4-5,7-8,10-13,21H,2-3,6,9,14-18H2,1H3. The summed E-state index contributed by atoms with van der Waals surface area (Å²) >= 11 is 0. The van der Waals surface area contributed by atoms with Gasteiger partial charge in [0.15, 0.2) is 0 Å². The van der Waals surface area contributed by atoms with E-state index in [1.807, 2.05) is 29.2 Å². The lowest BCUT2D eigenvalue weighted by Crippen LogP contribution is -2.48. The summed E-state index contributed by atoms with van der Waals surface area (Å²) in [6.45, 7) is 3.39. The summed E-state index contributed by atoms with van der Waals surface area (Å²) in [7, 11) is 1.65. The third-order valence-electron chi connectivity index (χ3n) is 6.33. The zero-order valence-corrected chi connectivity index (χ0v) is 19.0. The quantitative estimate of drug-likeness (QED) is 0.569. The molecule has 0 spiro atoms. The van der Waals surface area contributed by atoms with E-state index < -0.39 is 11.9 Å². The molecular formula is C25H30N4O4. The van der Waals surface area contributed by atoms with Crippen LogP contribution in [0.2, 0.25) is 0 Å². The summed E-state index contributed by atoms with van der Waals surface area (Å²) in [6.07, 6.45) is 9.75. The summed E-state index contributed by atoms with van der Waals surface area (Å²) in [5.41, 5.74) is 1.65. The van der Waals surface area contributed by atoms with Gasteiger partial charge in [-0.05, 0) is 43.2 Å². The highest BCUT2D eigenvalue weighted by Gasteiger charge is 2.35. The normalized spacial score (nSPS) is 20.1. The van der Waals surface area contributed by atoms with Crippen LogP contribution in [0.15, 0.2) is 53.6 Å². The van der Waals surface area contributed by atoms with Gasteiger partial charge in [0, 0.05) is 44.8 Å². The molecule has 4 rings (SSSR count). The van der Waals surface area contributed by atoms with Gasteiger partial charge < -0.3 is 14.5 Å². The fraction of sp³-hybridized carbons (Fsp3) is 0.440. The predicted octanol–water partition coefficient (Wildman–Crippen LogP) is 3.05. The predicted molar refractivity (Wildman–Crippen MR) is 127 cm³/mol. The second-order valence-corrected chi connectivity index (χ2v) is 8.41. The summed E-state index contributed by atoms with van der Waals surface area (Å²) in [4.78, 5) is 46.8. The Bertz CT molecular complexity index is 975. The highest BCUT2D eigenvalue weighted by Crippen LogP contribution is 2.22. The molecule has 1 unspecified atom stereocenters. The van der Waals surface area contributed by atoms with Gasteiger partial charge in [-0.3, -0.25) is 14.5 Å². The average Bonchev–Trinajstić information content (AvgIpc) is 2.85. The Kier molecular flexibility index (Phi) is 7.22. The lowest BCUT2D eigenvalue weighted by atomic mass is 9.95. The molecule has 1 aromatic carbocycles. The van der Waals surface area contributed by atoms with Crippen LogP contribution < -0.4 is 9.64 Å². The number of amides is 4. The smallest absolute Gasteiger partial charge is 0.350 e. The lowest BCUT2D eigenvalue weighted by Gasteiger charge is -2.36. The van der Waals surface area contributed by atoms with Crippen LogP contribution in [-0.4, -0.2) is 73.2 Å². The van der Waals surface area contributed by atoms with Crippen LogP contribution in [-0.2, 0) is 9.59 Å². The number of ether oxygens (including phenoxy) is 1. The van der Waals surface area contributed by atoms with Crippen LogP contribution in [0.5, 0.6) is 5.75 Å². The molecule has 174 valence electrons. The number of unbranched alkanes of at least 4 members (excludes halogenated alkanes) is 2. The summed E-state index contributed by atoms with van der Waals surface area (Å²) < 4.78 is 5.21. The molecule has 1 fully saturated rings. The number of carbonyl (C=O) groups is 3. The molecule has 8 nitrogen and oxygen atoms in total. The van der Waals surface area contributed by atoms with Crippen molar-refractivity contribution in [2.45, 2.75) is 25.7 Å². The van der Waals surface area contributed by atoms with Gasteiger partial charge in [0.25, 0.3) is 0 Å². The Morgan fingerprint density at radius 3 is 2.52 bits per heavy atom. The number of urea groups is 1. The number of hydrogen-bond donors (Lipinski definition) is 0. The van der Waals surface area contributed by atoms with E-state index in [9.17, 15) is 14.4 Å². The van der Waals surface area contributed by atoms with Gasteiger partial charge in [0.1, 0.15) is 5.75 Å². The molecule has 1 atom stereocenters. The molecule has 0 bridgehead atoms. The van der Waals surface area contributed by atoms with E-state index in [0.29, 0.717) is 38.2 Å². The Morgan fingerprint density at radius 1 is 1.03 bits per heavy atom. The first kappa shape index (κ1) is 22.8. The number of methoxy groups -OCH3 is 1. The van der Waals surface area contributed by atoms with E-state index in [2.05, 4.69) is 9.89 Å². The molecule has 33 heavy (non-hydrogen) atoms. The molecule has 1 saturated heterocycles. The molecule has 2 heterocycles. The maximum absolute atomic E-state index is 12.6. The highest BCUT2D eigenvalue weighted by atomic mass is 16.5. The van der Waals surface area contributed by atoms with E-state index in [0.717, 1.165) is 37.4 Å². The third-order valence-corrected chi connectivity index (χ3v) is 6.33. The SMILES string of the molecule is COc1ccc(N2CCN(C(=O)CCCCCN3C(=O)N=C4C=CC=CC4C3=O)CC2)cc1. The molecular weight excluding hydrogens is 420 g/mol. The van der Waals surface area contributed by atoms with Crippen LogP contribution in [0.25, 0.3) is 0 Å². The molecule has 2 aliphatic heterocycles. The molecule has 0 aromatic heterocycles. The fourth-order valence-electron chi connectivity index (χ4n) is 4.37. The number of rotatable bonds is 8. The van der Waals surface area contributed by atoms with Gasteiger partial charge in [0.2, 0.25) is 11.8 Å². The topological polar surface area (TPSA) is 82.5 Å². The van der Waals surface area contributed by atoms with Crippen molar-refractivity contribution in [2.75, 3.05) is 44.7 Å². The number of piperazine rings is 1. The van der Waals surface area contributed by atoms with Crippen molar-refractivity contribution < 1.29 is 19.1 Å². The number of aliphatic imine (C=N–C) groups is 1. The van der Waals surface area contributed by atoms with Gasteiger partial charge in [0.05, 0.1) is 18.7 Å². The lowest BCUT2D eigenvalue weighted by molar-refractivity contribution is -0.132. The maximum Gasteiger partial charge on any atom is 0.350 e. The van der Waals surface area contributed by atoms with Crippen molar-refractivity contribution in [1.29, 1.82) is 0 Å². The number of fused-ring (bicyclic) bond motifs is 1. The number of allylic oxidation sites excluding steroid dienone is 3.